The van der Waals surface area contributed by atoms with Crippen LogP contribution in [0.4, 0.5) is 0 Å². The molecule has 4 aromatic rings. The predicted molar refractivity (Wildman–Crippen MR) is 147 cm³/mol. The number of methoxy groups -OCH3 is 1. The first-order valence-electron chi connectivity index (χ1n) is 13.0. The topological polar surface area (TPSA) is 30.9 Å². The molecule has 0 spiro atoms. The molecule has 1 heterocycles. The summed E-state index contributed by atoms with van der Waals surface area (Å²) in [7, 11) is 1.70. The van der Waals surface area contributed by atoms with Crippen molar-refractivity contribution in [2.75, 3.05) is 13.7 Å². The molecule has 4 nitrogen and oxygen atoms in total. The summed E-state index contributed by atoms with van der Waals surface area (Å²) in [5, 5.41) is 0. The minimum atomic E-state index is -0.0604. The van der Waals surface area contributed by atoms with Crippen LogP contribution in [0, 0.1) is 0 Å². The van der Waals surface area contributed by atoms with Crippen molar-refractivity contribution in [2.24, 2.45) is 0 Å². The predicted octanol–water partition coefficient (Wildman–Crippen LogP) is 6.29. The molecule has 0 saturated carbocycles. The molecule has 0 aliphatic carbocycles. The number of benzene rings is 4. The van der Waals surface area contributed by atoms with Crippen molar-refractivity contribution in [1.82, 2.24) is 4.90 Å². The summed E-state index contributed by atoms with van der Waals surface area (Å²) in [4.78, 5) is 2.53. The molecule has 0 N–H and O–H groups in total. The molecule has 0 aromatic heterocycles. The Morgan fingerprint density at radius 2 is 1.16 bits per heavy atom. The maximum atomic E-state index is 6.70. The number of likely N-dealkylation sites (tertiary alicyclic amines) is 1. The molecule has 1 aliphatic rings. The van der Waals surface area contributed by atoms with Gasteiger partial charge in [0.1, 0.15) is 11.9 Å². The van der Waals surface area contributed by atoms with Crippen molar-refractivity contribution in [1.29, 1.82) is 0 Å². The van der Waals surface area contributed by atoms with E-state index in [4.69, 9.17) is 14.2 Å². The van der Waals surface area contributed by atoms with Crippen molar-refractivity contribution in [3.8, 4) is 5.75 Å². The minimum Gasteiger partial charge on any atom is -0.497 e. The molecular formula is C33H35NO3. The summed E-state index contributed by atoms with van der Waals surface area (Å²) in [6.45, 7) is 2.82. The zero-order chi connectivity index (χ0) is 25.3. The second-order valence-corrected chi connectivity index (χ2v) is 9.63. The van der Waals surface area contributed by atoms with Crippen LogP contribution in [0.15, 0.2) is 115 Å². The van der Waals surface area contributed by atoms with E-state index in [0.29, 0.717) is 13.2 Å². The number of hydrogen-bond donors (Lipinski definition) is 0. The van der Waals surface area contributed by atoms with Crippen LogP contribution in [0.5, 0.6) is 5.75 Å². The van der Waals surface area contributed by atoms with E-state index in [-0.39, 0.29) is 18.2 Å². The van der Waals surface area contributed by atoms with Crippen LogP contribution in [-0.2, 0) is 35.7 Å². The molecule has 3 atom stereocenters. The number of rotatable bonds is 11. The molecule has 1 aliphatic heterocycles. The first-order chi connectivity index (χ1) is 18.3. The standard InChI is InChI=1S/C33H35NO3/c1-35-30-19-17-26(18-20-30)21-31-33(37-25-29-15-9-4-10-16-29)32(36-24-28-13-7-3-8-14-28)23-34(31)22-27-11-5-2-6-12-27/h2-20,31-33H,21-25H2,1H3/t31-,32+,33+/m1/s1. The number of nitrogens with zero attached hydrogens (tertiary/aromatic N) is 1. The lowest BCUT2D eigenvalue weighted by molar-refractivity contribution is -0.0708. The Labute approximate surface area is 220 Å². The first-order valence-corrected chi connectivity index (χ1v) is 13.0. The molecule has 5 rings (SSSR count). The second-order valence-electron chi connectivity index (χ2n) is 9.63. The lowest BCUT2D eigenvalue weighted by Crippen LogP contribution is -2.39. The van der Waals surface area contributed by atoms with Crippen molar-refractivity contribution < 1.29 is 14.2 Å². The second kappa shape index (κ2) is 12.7. The molecule has 1 fully saturated rings. The van der Waals surface area contributed by atoms with Gasteiger partial charge in [0.05, 0.1) is 26.4 Å². The SMILES string of the molecule is COc1ccc(C[C@@H]2[C@H](OCc3ccccc3)[C@@H](OCc3ccccc3)CN2Cc2ccccc2)cc1. The third-order valence-corrected chi connectivity index (χ3v) is 7.05. The molecule has 0 radical (unpaired) electrons. The fourth-order valence-electron chi connectivity index (χ4n) is 5.08. The Balaban J connectivity index is 1.40. The van der Waals surface area contributed by atoms with Crippen LogP contribution in [-0.4, -0.2) is 36.8 Å². The van der Waals surface area contributed by atoms with Gasteiger partial charge in [-0.2, -0.15) is 0 Å². The summed E-state index contributed by atoms with van der Waals surface area (Å²) in [5.74, 6) is 0.872. The largest absolute Gasteiger partial charge is 0.497 e. The molecule has 4 aromatic carbocycles. The third kappa shape index (κ3) is 6.86. The van der Waals surface area contributed by atoms with E-state index >= 15 is 0 Å². The van der Waals surface area contributed by atoms with Gasteiger partial charge >= 0.3 is 0 Å². The van der Waals surface area contributed by atoms with Gasteiger partial charge in [-0.15, -0.1) is 0 Å². The van der Waals surface area contributed by atoms with Crippen molar-refractivity contribution in [3.05, 3.63) is 138 Å². The van der Waals surface area contributed by atoms with Gasteiger partial charge in [0.15, 0.2) is 0 Å². The van der Waals surface area contributed by atoms with Crippen LogP contribution in [0.2, 0.25) is 0 Å². The van der Waals surface area contributed by atoms with Gasteiger partial charge in [-0.05, 0) is 40.8 Å². The van der Waals surface area contributed by atoms with E-state index in [2.05, 4.69) is 95.9 Å². The molecule has 4 heteroatoms. The van der Waals surface area contributed by atoms with E-state index < -0.39 is 0 Å². The van der Waals surface area contributed by atoms with E-state index in [1.54, 1.807) is 7.11 Å². The highest BCUT2D eigenvalue weighted by molar-refractivity contribution is 5.28. The van der Waals surface area contributed by atoms with Gasteiger partial charge in [0, 0.05) is 19.1 Å². The maximum absolute atomic E-state index is 6.70. The first kappa shape index (κ1) is 25.2. The van der Waals surface area contributed by atoms with Crippen LogP contribution >= 0.6 is 0 Å². The Bertz CT molecular complexity index is 1200. The maximum Gasteiger partial charge on any atom is 0.118 e. The molecule has 190 valence electrons. The molecule has 0 unspecified atom stereocenters. The van der Waals surface area contributed by atoms with Crippen LogP contribution < -0.4 is 4.74 Å². The number of ether oxygens (including phenoxy) is 3. The minimum absolute atomic E-state index is 0.0316. The summed E-state index contributed by atoms with van der Waals surface area (Å²) >= 11 is 0. The molecule has 0 bridgehead atoms. The fraction of sp³-hybridized carbons (Fsp3) is 0.273. The lowest BCUT2D eigenvalue weighted by Gasteiger charge is -2.29. The summed E-state index contributed by atoms with van der Waals surface area (Å²) in [6, 6.07) is 40.0. The highest BCUT2D eigenvalue weighted by atomic mass is 16.5. The van der Waals surface area contributed by atoms with E-state index in [0.717, 1.165) is 25.3 Å². The van der Waals surface area contributed by atoms with Crippen molar-refractivity contribution in [3.63, 3.8) is 0 Å². The zero-order valence-electron chi connectivity index (χ0n) is 21.4. The van der Waals surface area contributed by atoms with Gasteiger partial charge in [0.2, 0.25) is 0 Å². The van der Waals surface area contributed by atoms with E-state index in [9.17, 15) is 0 Å². The summed E-state index contributed by atoms with van der Waals surface area (Å²) in [5.41, 5.74) is 4.92. The van der Waals surface area contributed by atoms with Gasteiger partial charge < -0.3 is 14.2 Å². The third-order valence-electron chi connectivity index (χ3n) is 7.05. The van der Waals surface area contributed by atoms with Gasteiger partial charge in [0.25, 0.3) is 0 Å². The highest BCUT2D eigenvalue weighted by Gasteiger charge is 2.43. The normalized spacial score (nSPS) is 19.6. The van der Waals surface area contributed by atoms with Crippen LogP contribution in [0.3, 0.4) is 0 Å². The molecule has 37 heavy (non-hydrogen) atoms. The molecule has 1 saturated heterocycles. The van der Waals surface area contributed by atoms with Gasteiger partial charge in [-0.3, -0.25) is 4.90 Å². The Morgan fingerprint density at radius 1 is 0.622 bits per heavy atom. The lowest BCUT2D eigenvalue weighted by atomic mass is 10.00. The van der Waals surface area contributed by atoms with Crippen LogP contribution in [0.1, 0.15) is 22.3 Å². The summed E-state index contributed by atoms with van der Waals surface area (Å²) in [6.07, 6.45) is 0.784. The monoisotopic (exact) mass is 493 g/mol. The fourth-order valence-corrected chi connectivity index (χ4v) is 5.08. The quantitative estimate of drug-likeness (QED) is 0.246. The zero-order valence-corrected chi connectivity index (χ0v) is 21.4. The molecular weight excluding hydrogens is 458 g/mol. The van der Waals surface area contributed by atoms with Crippen molar-refractivity contribution >= 4 is 0 Å². The van der Waals surface area contributed by atoms with Gasteiger partial charge in [-0.25, -0.2) is 0 Å². The smallest absolute Gasteiger partial charge is 0.118 e. The van der Waals surface area contributed by atoms with Crippen LogP contribution in [0.25, 0.3) is 0 Å². The molecule has 0 amide bonds. The Hall–Kier alpha value is -3.44. The van der Waals surface area contributed by atoms with Gasteiger partial charge in [-0.1, -0.05) is 103 Å². The van der Waals surface area contributed by atoms with E-state index in [1.807, 2.05) is 24.3 Å². The number of hydrogen-bond acceptors (Lipinski definition) is 4. The van der Waals surface area contributed by atoms with Crippen molar-refractivity contribution in [2.45, 2.75) is 44.4 Å². The average Bonchev–Trinajstić information content (AvgIpc) is 3.28. The van der Waals surface area contributed by atoms with E-state index in [1.165, 1.54) is 22.3 Å². The Kier molecular flexibility index (Phi) is 8.65. The Morgan fingerprint density at radius 3 is 1.73 bits per heavy atom. The average molecular weight is 494 g/mol. The highest BCUT2D eigenvalue weighted by Crippen LogP contribution is 2.30. The summed E-state index contributed by atoms with van der Waals surface area (Å²) < 4.78 is 18.7.